The van der Waals surface area contributed by atoms with Crippen LogP contribution in [0.4, 0.5) is 4.39 Å². The lowest BCUT2D eigenvalue weighted by Gasteiger charge is -2.18. The van der Waals surface area contributed by atoms with Crippen LogP contribution in [0.2, 0.25) is 0 Å². The number of hydrogen-bond acceptors (Lipinski definition) is 2. The molecule has 0 saturated carbocycles. The second-order valence-electron chi connectivity index (χ2n) is 5.62. The Bertz CT molecular complexity index is 510. The van der Waals surface area contributed by atoms with Gasteiger partial charge in [0.05, 0.1) is 0 Å². The van der Waals surface area contributed by atoms with E-state index in [0.717, 1.165) is 19.3 Å². The van der Waals surface area contributed by atoms with Crippen LogP contribution in [0.3, 0.4) is 0 Å². The van der Waals surface area contributed by atoms with E-state index in [0.29, 0.717) is 18.7 Å². The number of carbonyl (C=O) groups is 1. The van der Waals surface area contributed by atoms with E-state index in [1.54, 1.807) is 0 Å². The molecule has 22 heavy (non-hydrogen) atoms. The molecule has 1 atom stereocenters. The summed E-state index contributed by atoms with van der Waals surface area (Å²) in [5.74, 6) is 0.0900. The van der Waals surface area contributed by atoms with E-state index in [9.17, 15) is 9.18 Å². The third-order valence-electron chi connectivity index (χ3n) is 3.89. The van der Waals surface area contributed by atoms with Crippen LogP contribution >= 0.6 is 0 Å². The molecule has 0 fully saturated rings. The van der Waals surface area contributed by atoms with Gasteiger partial charge in [-0.05, 0) is 62.8 Å². The van der Waals surface area contributed by atoms with Gasteiger partial charge in [0.25, 0.3) is 5.91 Å². The highest BCUT2D eigenvalue weighted by Crippen LogP contribution is 2.19. The summed E-state index contributed by atoms with van der Waals surface area (Å²) in [4.78, 5) is 12.2. The molecule has 1 aromatic rings. The molecular formula is C18H24FNO2. The minimum atomic E-state index is -0.536. The lowest BCUT2D eigenvalue weighted by Crippen LogP contribution is -2.38. The first-order valence-electron chi connectivity index (χ1n) is 8.07. The number of rotatable bonds is 7. The molecule has 1 aliphatic rings. The molecule has 120 valence electrons. The van der Waals surface area contributed by atoms with E-state index in [2.05, 4.69) is 11.4 Å². The number of carbonyl (C=O) groups excluding carboxylic acids is 1. The highest BCUT2D eigenvalue weighted by molar-refractivity contribution is 5.81. The van der Waals surface area contributed by atoms with Crippen LogP contribution in [-0.4, -0.2) is 18.6 Å². The molecule has 3 nitrogen and oxygen atoms in total. The smallest absolute Gasteiger partial charge is 0.261 e. The Morgan fingerprint density at radius 1 is 1.32 bits per heavy atom. The van der Waals surface area contributed by atoms with Gasteiger partial charge in [-0.3, -0.25) is 4.79 Å². The molecular weight excluding hydrogens is 281 g/mol. The Labute approximate surface area is 131 Å². The minimum absolute atomic E-state index is 0.108. The number of ether oxygens (including phenoxy) is 1. The molecule has 0 bridgehead atoms. The maximum Gasteiger partial charge on any atom is 0.261 e. The van der Waals surface area contributed by atoms with Crippen LogP contribution in [0.25, 0.3) is 0 Å². The van der Waals surface area contributed by atoms with E-state index in [1.807, 2.05) is 6.92 Å². The number of allylic oxidation sites excluding steroid dienone is 1. The number of amides is 1. The van der Waals surface area contributed by atoms with Crippen LogP contribution in [0.15, 0.2) is 35.9 Å². The van der Waals surface area contributed by atoms with E-state index in [4.69, 9.17) is 4.74 Å². The van der Waals surface area contributed by atoms with Crippen LogP contribution in [0.1, 0.15) is 45.4 Å². The molecule has 1 aromatic carbocycles. The monoisotopic (exact) mass is 305 g/mol. The minimum Gasteiger partial charge on any atom is -0.481 e. The summed E-state index contributed by atoms with van der Waals surface area (Å²) in [6.07, 6.45) is 8.09. The van der Waals surface area contributed by atoms with E-state index in [-0.39, 0.29) is 11.7 Å². The number of benzene rings is 1. The largest absolute Gasteiger partial charge is 0.481 e. The van der Waals surface area contributed by atoms with Gasteiger partial charge >= 0.3 is 0 Å². The average molecular weight is 305 g/mol. The third-order valence-corrected chi connectivity index (χ3v) is 3.89. The van der Waals surface area contributed by atoms with Crippen LogP contribution in [-0.2, 0) is 4.79 Å². The zero-order chi connectivity index (χ0) is 15.8. The van der Waals surface area contributed by atoms with Gasteiger partial charge < -0.3 is 10.1 Å². The first-order chi connectivity index (χ1) is 10.7. The molecule has 0 heterocycles. The fourth-order valence-electron chi connectivity index (χ4n) is 2.59. The summed E-state index contributed by atoms with van der Waals surface area (Å²) < 4.78 is 18.5. The van der Waals surface area contributed by atoms with Gasteiger partial charge in [0.15, 0.2) is 6.10 Å². The fraction of sp³-hybridized carbons (Fsp3) is 0.500. The lowest BCUT2D eigenvalue weighted by atomic mass is 9.97. The first kappa shape index (κ1) is 16.5. The third kappa shape index (κ3) is 5.17. The van der Waals surface area contributed by atoms with Gasteiger partial charge in [-0.2, -0.15) is 0 Å². The predicted octanol–water partition coefficient (Wildman–Crippen LogP) is 3.99. The lowest BCUT2D eigenvalue weighted by molar-refractivity contribution is -0.128. The van der Waals surface area contributed by atoms with Crippen LogP contribution in [0, 0.1) is 5.82 Å². The van der Waals surface area contributed by atoms with Crippen molar-refractivity contribution in [1.29, 1.82) is 0 Å². The highest BCUT2D eigenvalue weighted by Gasteiger charge is 2.18. The highest BCUT2D eigenvalue weighted by atomic mass is 19.1. The second kappa shape index (κ2) is 8.57. The Morgan fingerprint density at radius 2 is 2.09 bits per heavy atom. The van der Waals surface area contributed by atoms with Gasteiger partial charge in [-0.25, -0.2) is 4.39 Å². The summed E-state index contributed by atoms with van der Waals surface area (Å²) in [6, 6.07) is 5.74. The molecule has 0 spiro atoms. The predicted molar refractivity (Wildman–Crippen MR) is 85.3 cm³/mol. The molecule has 0 saturated heterocycles. The van der Waals surface area contributed by atoms with Crippen molar-refractivity contribution < 1.29 is 13.9 Å². The van der Waals surface area contributed by atoms with Crippen molar-refractivity contribution in [2.45, 2.75) is 51.6 Å². The number of hydrogen-bond donors (Lipinski definition) is 1. The first-order valence-corrected chi connectivity index (χ1v) is 8.07. The number of nitrogens with one attached hydrogen (secondary N) is 1. The SMILES string of the molecule is CC[C@@H](Oc1ccc(F)cc1)C(=O)NCCC1=CCCCC1. The summed E-state index contributed by atoms with van der Waals surface area (Å²) in [7, 11) is 0. The Kier molecular flexibility index (Phi) is 6.44. The Balaban J connectivity index is 1.78. The van der Waals surface area contributed by atoms with Crippen molar-refractivity contribution >= 4 is 5.91 Å². The van der Waals surface area contributed by atoms with Crippen LogP contribution < -0.4 is 10.1 Å². The molecule has 1 aliphatic carbocycles. The number of halogens is 1. The van der Waals surface area contributed by atoms with Gasteiger partial charge in [0.2, 0.25) is 0 Å². The zero-order valence-corrected chi connectivity index (χ0v) is 13.1. The van der Waals surface area contributed by atoms with E-state index >= 15 is 0 Å². The summed E-state index contributed by atoms with van der Waals surface area (Å²) in [5.41, 5.74) is 1.44. The van der Waals surface area contributed by atoms with Gasteiger partial charge in [0, 0.05) is 6.54 Å². The van der Waals surface area contributed by atoms with Crippen molar-refractivity contribution in [1.82, 2.24) is 5.32 Å². The summed E-state index contributed by atoms with van der Waals surface area (Å²) in [6.45, 7) is 2.55. The van der Waals surface area contributed by atoms with Gasteiger partial charge in [0.1, 0.15) is 11.6 Å². The van der Waals surface area contributed by atoms with Gasteiger partial charge in [-0.1, -0.05) is 18.6 Å². The van der Waals surface area contributed by atoms with Crippen molar-refractivity contribution in [3.63, 3.8) is 0 Å². The van der Waals surface area contributed by atoms with Crippen molar-refractivity contribution in [3.8, 4) is 5.75 Å². The molecule has 0 aromatic heterocycles. The Morgan fingerprint density at radius 3 is 2.73 bits per heavy atom. The summed E-state index contributed by atoms with van der Waals surface area (Å²) in [5, 5.41) is 2.93. The molecule has 1 N–H and O–H groups in total. The molecule has 1 amide bonds. The molecule has 4 heteroatoms. The Hall–Kier alpha value is -1.84. The maximum atomic E-state index is 12.9. The molecule has 2 rings (SSSR count). The quantitative estimate of drug-likeness (QED) is 0.774. The van der Waals surface area contributed by atoms with Crippen LogP contribution in [0.5, 0.6) is 5.75 Å². The van der Waals surface area contributed by atoms with Crippen molar-refractivity contribution in [2.75, 3.05) is 6.54 Å². The maximum absolute atomic E-state index is 12.9. The zero-order valence-electron chi connectivity index (χ0n) is 13.1. The summed E-state index contributed by atoms with van der Waals surface area (Å²) >= 11 is 0. The van der Waals surface area contributed by atoms with E-state index in [1.165, 1.54) is 42.7 Å². The van der Waals surface area contributed by atoms with E-state index < -0.39 is 6.10 Å². The second-order valence-corrected chi connectivity index (χ2v) is 5.62. The normalized spacial score (nSPS) is 15.8. The van der Waals surface area contributed by atoms with Crippen molar-refractivity contribution in [3.05, 3.63) is 41.7 Å². The van der Waals surface area contributed by atoms with Crippen molar-refractivity contribution in [2.24, 2.45) is 0 Å². The average Bonchev–Trinajstić information content (AvgIpc) is 2.55. The molecule has 0 aliphatic heterocycles. The molecule has 0 unspecified atom stereocenters. The fourth-order valence-corrected chi connectivity index (χ4v) is 2.59. The topological polar surface area (TPSA) is 38.3 Å². The molecule has 0 radical (unpaired) electrons. The van der Waals surface area contributed by atoms with Gasteiger partial charge in [-0.15, -0.1) is 0 Å². The standard InChI is InChI=1S/C18H24FNO2/c1-2-17(22-16-10-8-15(19)9-11-16)18(21)20-13-12-14-6-4-3-5-7-14/h6,8-11,17H,2-5,7,12-13H2,1H3,(H,20,21)/t17-/m1/s1.